The topological polar surface area (TPSA) is 54.0 Å². The summed E-state index contributed by atoms with van der Waals surface area (Å²) in [5.74, 6) is -15.5. The van der Waals surface area contributed by atoms with E-state index in [9.17, 15) is 61.9 Å². The van der Waals surface area contributed by atoms with Gasteiger partial charge < -0.3 is 9.47 Å². The summed E-state index contributed by atoms with van der Waals surface area (Å²) in [6.07, 6.45) is -23.4. The van der Waals surface area contributed by atoms with Gasteiger partial charge in [0, 0.05) is 0 Å². The van der Waals surface area contributed by atoms with E-state index in [0.717, 1.165) is 0 Å². The third kappa shape index (κ3) is 3.81. The second-order valence-corrected chi connectivity index (χ2v) is 6.25. The van der Waals surface area contributed by atoms with Crippen LogP contribution in [-0.2, 0) is 23.7 Å². The van der Waals surface area contributed by atoms with Crippen LogP contribution in [0.25, 0.3) is 0 Å². The molecule has 0 amide bonds. The number of halogens is 13. The number of rotatable bonds is 5. The van der Waals surface area contributed by atoms with Crippen LogP contribution >= 0.6 is 0 Å². The molecule has 2 rings (SSSR count). The molecule has 0 N–H and O–H groups in total. The molecule has 2 aliphatic rings. The molecular formula is C13H7F13O5. The first-order valence-electron chi connectivity index (χ1n) is 7.42. The van der Waals surface area contributed by atoms with E-state index in [0.29, 0.717) is 0 Å². The van der Waals surface area contributed by atoms with Crippen LogP contribution in [0.2, 0.25) is 0 Å². The summed E-state index contributed by atoms with van der Waals surface area (Å²) in [5, 5.41) is 0. The van der Waals surface area contributed by atoms with Crippen LogP contribution in [0.1, 0.15) is 6.92 Å². The molecule has 0 spiro atoms. The molecule has 2 unspecified atom stereocenters. The van der Waals surface area contributed by atoms with Gasteiger partial charge in [0.25, 0.3) is 11.5 Å². The van der Waals surface area contributed by atoms with Crippen molar-refractivity contribution in [2.45, 2.75) is 48.8 Å². The maximum atomic E-state index is 14.5. The first-order valence-corrected chi connectivity index (χ1v) is 7.42. The van der Waals surface area contributed by atoms with Crippen molar-refractivity contribution in [2.24, 2.45) is 0 Å². The number of esters is 1. The lowest BCUT2D eigenvalue weighted by molar-refractivity contribution is -0.402. The summed E-state index contributed by atoms with van der Waals surface area (Å²) in [7, 11) is 0. The van der Waals surface area contributed by atoms with Crippen molar-refractivity contribution in [3.63, 3.8) is 0 Å². The highest BCUT2D eigenvalue weighted by Crippen LogP contribution is 2.63. The predicted octanol–water partition coefficient (Wildman–Crippen LogP) is 4.23. The fourth-order valence-electron chi connectivity index (χ4n) is 2.39. The molecule has 0 aromatic rings. The van der Waals surface area contributed by atoms with E-state index >= 15 is 0 Å². The summed E-state index contributed by atoms with van der Waals surface area (Å²) >= 11 is 0. The van der Waals surface area contributed by atoms with E-state index in [1.165, 1.54) is 0 Å². The van der Waals surface area contributed by atoms with Gasteiger partial charge in [-0.25, -0.2) is 13.6 Å². The van der Waals surface area contributed by atoms with Crippen LogP contribution in [0.3, 0.4) is 0 Å². The molecule has 2 aliphatic heterocycles. The molecular weight excluding hydrogens is 483 g/mol. The summed E-state index contributed by atoms with van der Waals surface area (Å²) in [5.41, 5.74) is -7.81. The number of hydrogen-bond donors (Lipinski definition) is 0. The van der Waals surface area contributed by atoms with Crippen LogP contribution in [0.15, 0.2) is 11.4 Å². The standard InChI is InChI=1S/C13H7F13O5/c1-7(11(19,20)21,12(22,23)24)29-4(27)2-28-3-8(15)5-6(14)10(17,18)31-9(5,16)13(25,26)30-8/h2-3H2,1H3. The first-order chi connectivity index (χ1) is 13.5. The van der Waals surface area contributed by atoms with Gasteiger partial charge in [-0.1, -0.05) is 0 Å². The minimum Gasteiger partial charge on any atom is -0.438 e. The number of alkyl halides is 12. The Morgan fingerprint density at radius 1 is 0.935 bits per heavy atom. The quantitative estimate of drug-likeness (QED) is 0.427. The highest BCUT2D eigenvalue weighted by Gasteiger charge is 2.83. The van der Waals surface area contributed by atoms with Gasteiger partial charge in [0.2, 0.25) is 5.83 Å². The first kappa shape index (κ1) is 25.4. The third-order valence-corrected chi connectivity index (χ3v) is 4.01. The Labute approximate surface area is 161 Å². The molecule has 0 saturated carbocycles. The molecule has 0 radical (unpaired) electrons. The van der Waals surface area contributed by atoms with E-state index in [4.69, 9.17) is 0 Å². The molecule has 1 saturated heterocycles. The van der Waals surface area contributed by atoms with E-state index < -0.39 is 79.4 Å². The number of ether oxygens (including phenoxy) is 4. The van der Waals surface area contributed by atoms with E-state index in [-0.39, 0.29) is 0 Å². The van der Waals surface area contributed by atoms with E-state index in [1.807, 2.05) is 0 Å². The number of carbonyl (C=O) groups is 1. The minimum atomic E-state index is -6.20. The van der Waals surface area contributed by atoms with Gasteiger partial charge in [0.05, 0.1) is 0 Å². The van der Waals surface area contributed by atoms with E-state index in [2.05, 4.69) is 18.9 Å². The Morgan fingerprint density at radius 3 is 1.87 bits per heavy atom. The van der Waals surface area contributed by atoms with Gasteiger partial charge in [-0.2, -0.15) is 48.3 Å². The van der Waals surface area contributed by atoms with Gasteiger partial charge in [0.15, 0.2) is 0 Å². The average Bonchev–Trinajstić information content (AvgIpc) is 2.79. The van der Waals surface area contributed by atoms with Gasteiger partial charge in [-0.15, -0.1) is 0 Å². The predicted molar refractivity (Wildman–Crippen MR) is 65.3 cm³/mol. The number of hydrogen-bond acceptors (Lipinski definition) is 5. The second kappa shape index (κ2) is 6.84. The molecule has 0 aromatic heterocycles. The Balaban J connectivity index is 2.17. The molecule has 0 aliphatic carbocycles. The van der Waals surface area contributed by atoms with Crippen molar-refractivity contribution in [1.82, 2.24) is 0 Å². The van der Waals surface area contributed by atoms with Crippen LogP contribution in [0.4, 0.5) is 57.1 Å². The summed E-state index contributed by atoms with van der Waals surface area (Å²) in [4.78, 5) is 11.3. The van der Waals surface area contributed by atoms with Crippen LogP contribution in [0, 0.1) is 0 Å². The normalized spacial score (nSPS) is 30.5. The zero-order valence-corrected chi connectivity index (χ0v) is 14.4. The molecule has 0 bridgehead atoms. The molecule has 0 aromatic carbocycles. The largest absolute Gasteiger partial charge is 0.438 e. The van der Waals surface area contributed by atoms with Crippen molar-refractivity contribution < 1.29 is 80.8 Å². The highest BCUT2D eigenvalue weighted by atomic mass is 19.4. The van der Waals surface area contributed by atoms with Gasteiger partial charge in [-0.05, 0) is 6.92 Å². The molecule has 2 heterocycles. The van der Waals surface area contributed by atoms with Crippen molar-refractivity contribution in [2.75, 3.05) is 13.2 Å². The lowest BCUT2D eigenvalue weighted by atomic mass is 10.0. The van der Waals surface area contributed by atoms with Crippen LogP contribution in [0.5, 0.6) is 0 Å². The summed E-state index contributed by atoms with van der Waals surface area (Å²) in [6, 6.07) is 0. The maximum absolute atomic E-state index is 14.5. The Kier molecular flexibility index (Phi) is 5.61. The highest BCUT2D eigenvalue weighted by molar-refractivity contribution is 5.71. The maximum Gasteiger partial charge on any atom is 0.437 e. The van der Waals surface area contributed by atoms with E-state index in [1.54, 1.807) is 0 Å². The van der Waals surface area contributed by atoms with Crippen LogP contribution in [-0.4, -0.2) is 61.1 Å². The van der Waals surface area contributed by atoms with Crippen molar-refractivity contribution in [3.05, 3.63) is 11.4 Å². The van der Waals surface area contributed by atoms with Gasteiger partial charge in [-0.3, -0.25) is 9.47 Å². The summed E-state index contributed by atoms with van der Waals surface area (Å²) < 4.78 is 184. The fourth-order valence-corrected chi connectivity index (χ4v) is 2.39. The lowest BCUT2D eigenvalue weighted by Crippen LogP contribution is -2.57. The Morgan fingerprint density at radius 2 is 1.42 bits per heavy atom. The fraction of sp³-hybridized carbons (Fsp3) is 0.769. The SMILES string of the molecule is CC(OC(=O)COCC1(F)OC(F)(F)C2(F)OC(F)(F)C(F)=C12)(C(F)(F)F)C(F)(F)F. The second-order valence-electron chi connectivity index (χ2n) is 6.25. The zero-order valence-electron chi connectivity index (χ0n) is 14.4. The lowest BCUT2D eigenvalue weighted by Gasteiger charge is -2.33. The Bertz CT molecular complexity index is 774. The molecule has 180 valence electrons. The Hall–Kier alpha value is -1.82. The molecule has 5 nitrogen and oxygen atoms in total. The monoisotopic (exact) mass is 490 g/mol. The molecule has 18 heteroatoms. The number of fused-ring (bicyclic) bond motifs is 1. The van der Waals surface area contributed by atoms with Crippen LogP contribution < -0.4 is 0 Å². The summed E-state index contributed by atoms with van der Waals surface area (Å²) in [6.45, 7) is -4.90. The van der Waals surface area contributed by atoms with Crippen molar-refractivity contribution >= 4 is 5.97 Å². The smallest absolute Gasteiger partial charge is 0.437 e. The molecule has 31 heavy (non-hydrogen) atoms. The molecule has 2 atom stereocenters. The van der Waals surface area contributed by atoms with Gasteiger partial charge >= 0.3 is 36.4 Å². The number of carbonyl (C=O) groups excluding carboxylic acids is 1. The van der Waals surface area contributed by atoms with Crippen molar-refractivity contribution in [3.8, 4) is 0 Å². The third-order valence-electron chi connectivity index (χ3n) is 4.01. The zero-order chi connectivity index (χ0) is 24.5. The molecule has 1 fully saturated rings. The van der Waals surface area contributed by atoms with Gasteiger partial charge in [0.1, 0.15) is 18.8 Å². The minimum absolute atomic E-state index is 0.599. The average molecular weight is 490 g/mol. The van der Waals surface area contributed by atoms with Crippen molar-refractivity contribution in [1.29, 1.82) is 0 Å².